The van der Waals surface area contributed by atoms with E-state index in [1.54, 1.807) is 0 Å². The first-order chi connectivity index (χ1) is 5.21. The summed E-state index contributed by atoms with van der Waals surface area (Å²) in [7, 11) is 0. The van der Waals surface area contributed by atoms with E-state index in [4.69, 9.17) is 0 Å². The standard InChI is InChI=1S/C11H20/c1-9-5-6-10-4-3-7-11(9,2)8-10/h9-10H,3-8H2,1-2H3. The molecule has 0 radical (unpaired) electrons. The summed E-state index contributed by atoms with van der Waals surface area (Å²) in [5.74, 6) is 2.10. The number of hydrogen-bond donors (Lipinski definition) is 0. The average molecular weight is 152 g/mol. The van der Waals surface area contributed by atoms with E-state index in [1.807, 2.05) is 0 Å². The molecule has 2 saturated carbocycles. The van der Waals surface area contributed by atoms with Crippen LogP contribution in [0, 0.1) is 17.3 Å². The fraction of sp³-hybridized carbons (Fsp3) is 1.00. The molecule has 0 aromatic heterocycles. The first kappa shape index (κ1) is 7.64. The van der Waals surface area contributed by atoms with Crippen molar-refractivity contribution in [2.24, 2.45) is 17.3 Å². The monoisotopic (exact) mass is 152 g/mol. The predicted molar refractivity (Wildman–Crippen MR) is 48.5 cm³/mol. The van der Waals surface area contributed by atoms with E-state index < -0.39 is 0 Å². The first-order valence-electron chi connectivity index (χ1n) is 5.21. The van der Waals surface area contributed by atoms with Crippen molar-refractivity contribution in [1.82, 2.24) is 0 Å². The summed E-state index contributed by atoms with van der Waals surface area (Å²) in [5, 5.41) is 0. The largest absolute Gasteiger partial charge is 0.0620 e. The minimum absolute atomic E-state index is 0.737. The smallest absolute Gasteiger partial charge is 0.0298 e. The third-order valence-electron chi connectivity index (χ3n) is 4.31. The van der Waals surface area contributed by atoms with E-state index in [9.17, 15) is 0 Å². The number of rotatable bonds is 0. The molecular weight excluding hydrogens is 132 g/mol. The Morgan fingerprint density at radius 3 is 2.73 bits per heavy atom. The second-order valence-corrected chi connectivity index (χ2v) is 5.09. The van der Waals surface area contributed by atoms with Gasteiger partial charge in [0.15, 0.2) is 0 Å². The maximum atomic E-state index is 2.52. The summed E-state index contributed by atoms with van der Waals surface area (Å²) in [6.45, 7) is 4.98. The molecule has 0 aliphatic heterocycles. The molecule has 0 amide bonds. The molecule has 2 aliphatic rings. The van der Waals surface area contributed by atoms with E-state index in [0.29, 0.717) is 0 Å². The van der Waals surface area contributed by atoms with E-state index in [2.05, 4.69) is 13.8 Å². The second-order valence-electron chi connectivity index (χ2n) is 5.09. The van der Waals surface area contributed by atoms with Gasteiger partial charge in [-0.3, -0.25) is 0 Å². The molecular formula is C11H20. The van der Waals surface area contributed by atoms with E-state index >= 15 is 0 Å². The molecule has 3 unspecified atom stereocenters. The van der Waals surface area contributed by atoms with Crippen LogP contribution < -0.4 is 0 Å². The van der Waals surface area contributed by atoms with Crippen LogP contribution in [0.3, 0.4) is 0 Å². The summed E-state index contributed by atoms with van der Waals surface area (Å²) < 4.78 is 0. The Morgan fingerprint density at radius 2 is 2.00 bits per heavy atom. The third-order valence-corrected chi connectivity index (χ3v) is 4.31. The highest BCUT2D eigenvalue weighted by Gasteiger charge is 2.39. The Balaban J connectivity index is 2.13. The van der Waals surface area contributed by atoms with Crippen LogP contribution in [0.25, 0.3) is 0 Å². The molecule has 0 aromatic carbocycles. The van der Waals surface area contributed by atoms with Crippen molar-refractivity contribution in [3.05, 3.63) is 0 Å². The van der Waals surface area contributed by atoms with Gasteiger partial charge in [-0.15, -0.1) is 0 Å². The molecule has 0 nitrogen and oxygen atoms in total. The molecule has 2 bridgehead atoms. The van der Waals surface area contributed by atoms with E-state index in [1.165, 1.54) is 38.5 Å². The minimum atomic E-state index is 0.737. The quantitative estimate of drug-likeness (QED) is 0.497. The van der Waals surface area contributed by atoms with Crippen LogP contribution in [0.2, 0.25) is 0 Å². The Hall–Kier alpha value is 0. The number of fused-ring (bicyclic) bond motifs is 2. The summed E-state index contributed by atoms with van der Waals surface area (Å²) in [4.78, 5) is 0. The van der Waals surface area contributed by atoms with Crippen molar-refractivity contribution < 1.29 is 0 Å². The molecule has 0 heterocycles. The van der Waals surface area contributed by atoms with Crippen LogP contribution in [0.15, 0.2) is 0 Å². The molecule has 0 N–H and O–H groups in total. The van der Waals surface area contributed by atoms with Crippen LogP contribution in [-0.2, 0) is 0 Å². The van der Waals surface area contributed by atoms with Crippen LogP contribution in [-0.4, -0.2) is 0 Å². The highest BCUT2D eigenvalue weighted by Crippen LogP contribution is 2.51. The van der Waals surface area contributed by atoms with Gasteiger partial charge in [-0.2, -0.15) is 0 Å². The van der Waals surface area contributed by atoms with Gasteiger partial charge < -0.3 is 0 Å². The maximum absolute atomic E-state index is 2.52. The lowest BCUT2D eigenvalue weighted by molar-refractivity contribution is 0.0388. The van der Waals surface area contributed by atoms with Gasteiger partial charge in [0.05, 0.1) is 0 Å². The molecule has 64 valence electrons. The van der Waals surface area contributed by atoms with Crippen LogP contribution in [0.5, 0.6) is 0 Å². The Morgan fingerprint density at radius 1 is 1.18 bits per heavy atom. The second kappa shape index (κ2) is 2.50. The summed E-state index contributed by atoms with van der Waals surface area (Å²) in [6, 6.07) is 0. The highest BCUT2D eigenvalue weighted by atomic mass is 14.4. The summed E-state index contributed by atoms with van der Waals surface area (Å²) >= 11 is 0. The van der Waals surface area contributed by atoms with Crippen molar-refractivity contribution in [2.75, 3.05) is 0 Å². The Labute approximate surface area is 70.4 Å². The van der Waals surface area contributed by atoms with Gasteiger partial charge in [0.25, 0.3) is 0 Å². The maximum Gasteiger partial charge on any atom is -0.0298 e. The zero-order valence-electron chi connectivity index (χ0n) is 7.90. The van der Waals surface area contributed by atoms with Crippen LogP contribution in [0.1, 0.15) is 52.4 Å². The zero-order chi connectivity index (χ0) is 7.90. The SMILES string of the molecule is CC1CCC2CCCC1(C)C2. The van der Waals surface area contributed by atoms with Crippen LogP contribution >= 0.6 is 0 Å². The molecule has 2 fully saturated rings. The van der Waals surface area contributed by atoms with Gasteiger partial charge >= 0.3 is 0 Å². The third kappa shape index (κ3) is 1.21. The van der Waals surface area contributed by atoms with Crippen molar-refractivity contribution in [3.8, 4) is 0 Å². The lowest BCUT2D eigenvalue weighted by Crippen LogP contribution is -2.36. The van der Waals surface area contributed by atoms with Gasteiger partial charge in [-0.25, -0.2) is 0 Å². The fourth-order valence-electron chi connectivity index (χ4n) is 3.19. The van der Waals surface area contributed by atoms with Gasteiger partial charge in [-0.1, -0.05) is 33.1 Å². The molecule has 0 aromatic rings. The van der Waals surface area contributed by atoms with Crippen molar-refractivity contribution in [1.29, 1.82) is 0 Å². The Kier molecular flexibility index (Phi) is 1.74. The van der Waals surface area contributed by atoms with Gasteiger partial charge in [-0.05, 0) is 36.5 Å². The van der Waals surface area contributed by atoms with Crippen LogP contribution in [0.4, 0.5) is 0 Å². The lowest BCUT2D eigenvalue weighted by atomic mass is 9.58. The average Bonchev–Trinajstić information content (AvgIpc) is 1.98. The fourth-order valence-corrected chi connectivity index (χ4v) is 3.19. The van der Waals surface area contributed by atoms with Gasteiger partial charge in [0.2, 0.25) is 0 Å². The lowest BCUT2D eigenvalue weighted by Gasteiger charge is -2.47. The molecule has 0 spiro atoms. The number of hydrogen-bond acceptors (Lipinski definition) is 0. The normalized spacial score (nSPS) is 50.7. The molecule has 11 heavy (non-hydrogen) atoms. The van der Waals surface area contributed by atoms with Gasteiger partial charge in [0, 0.05) is 0 Å². The molecule has 3 atom stereocenters. The summed E-state index contributed by atoms with van der Waals surface area (Å²) in [6.07, 6.45) is 9.10. The topological polar surface area (TPSA) is 0 Å². The van der Waals surface area contributed by atoms with Crippen molar-refractivity contribution in [2.45, 2.75) is 52.4 Å². The molecule has 2 aliphatic carbocycles. The van der Waals surface area contributed by atoms with E-state index in [-0.39, 0.29) is 0 Å². The molecule has 2 rings (SSSR count). The van der Waals surface area contributed by atoms with Crippen molar-refractivity contribution in [3.63, 3.8) is 0 Å². The van der Waals surface area contributed by atoms with Crippen molar-refractivity contribution >= 4 is 0 Å². The molecule has 0 saturated heterocycles. The molecule has 0 heteroatoms. The first-order valence-corrected chi connectivity index (χ1v) is 5.21. The predicted octanol–water partition coefficient (Wildman–Crippen LogP) is 3.61. The highest BCUT2D eigenvalue weighted by molar-refractivity contribution is 4.90. The minimum Gasteiger partial charge on any atom is -0.0620 e. The van der Waals surface area contributed by atoms with Gasteiger partial charge in [0.1, 0.15) is 0 Å². The van der Waals surface area contributed by atoms with E-state index in [0.717, 1.165) is 17.3 Å². The zero-order valence-corrected chi connectivity index (χ0v) is 7.90. The Bertz CT molecular complexity index is 150. The summed E-state index contributed by atoms with van der Waals surface area (Å²) in [5.41, 5.74) is 0.737.